The zero-order chi connectivity index (χ0) is 22.7. The second kappa shape index (κ2) is 9.40. The third kappa shape index (κ3) is 4.60. The van der Waals surface area contributed by atoms with Gasteiger partial charge in [-0.25, -0.2) is 9.48 Å². The molecule has 0 saturated carbocycles. The van der Waals surface area contributed by atoms with E-state index in [-0.39, 0.29) is 18.6 Å². The Kier molecular flexibility index (Phi) is 6.42. The third-order valence-electron chi connectivity index (χ3n) is 5.48. The minimum Gasteiger partial charge on any atom is -0.452 e. The van der Waals surface area contributed by atoms with Crippen LogP contribution in [0.25, 0.3) is 6.08 Å². The van der Waals surface area contributed by atoms with Crippen molar-refractivity contribution >= 4 is 35.2 Å². The predicted molar refractivity (Wildman–Crippen MR) is 125 cm³/mol. The Hall–Kier alpha value is -3.38. The number of rotatable bonds is 6. The molecule has 164 valence electrons. The van der Waals surface area contributed by atoms with Crippen molar-refractivity contribution in [3.05, 3.63) is 88.2 Å². The lowest BCUT2D eigenvalue weighted by Crippen LogP contribution is -2.38. The Bertz CT molecular complexity index is 1170. The summed E-state index contributed by atoms with van der Waals surface area (Å²) in [5, 5.41) is 4.90. The predicted octanol–water partition coefficient (Wildman–Crippen LogP) is 4.43. The summed E-state index contributed by atoms with van der Waals surface area (Å²) >= 11 is 6.48. The summed E-state index contributed by atoms with van der Waals surface area (Å²) in [6, 6.07) is 17.7. The fraction of sp³-hybridized carbons (Fsp3) is 0.240. The monoisotopic (exact) mass is 449 g/mol. The van der Waals surface area contributed by atoms with Crippen LogP contribution in [0.1, 0.15) is 29.3 Å². The number of amides is 1. The molecule has 2 aromatic carbocycles. The van der Waals surface area contributed by atoms with Crippen molar-refractivity contribution in [2.45, 2.75) is 32.9 Å². The average molecular weight is 450 g/mol. The summed E-state index contributed by atoms with van der Waals surface area (Å²) in [5.74, 6) is -0.848. The molecule has 0 saturated heterocycles. The molecule has 7 heteroatoms. The van der Waals surface area contributed by atoms with Gasteiger partial charge < -0.3 is 9.64 Å². The van der Waals surface area contributed by atoms with Gasteiger partial charge in [-0.2, -0.15) is 5.10 Å². The number of anilines is 1. The number of esters is 1. The zero-order valence-corrected chi connectivity index (χ0v) is 18.7. The van der Waals surface area contributed by atoms with Crippen molar-refractivity contribution in [2.24, 2.45) is 0 Å². The third-order valence-corrected chi connectivity index (χ3v) is 5.88. The zero-order valence-electron chi connectivity index (χ0n) is 18.0. The van der Waals surface area contributed by atoms with Gasteiger partial charge in [-0.3, -0.25) is 4.79 Å². The SMILES string of the molecule is Cc1nn(Cc2ccccc2)c(Cl)c1C=CC(=O)OCC(=O)N1c2ccccc2CC1C. The molecule has 2 heterocycles. The summed E-state index contributed by atoms with van der Waals surface area (Å²) in [6.07, 6.45) is 3.64. The van der Waals surface area contributed by atoms with E-state index in [1.165, 1.54) is 6.08 Å². The smallest absolute Gasteiger partial charge is 0.331 e. The summed E-state index contributed by atoms with van der Waals surface area (Å²) < 4.78 is 6.88. The number of aromatic nitrogens is 2. The summed E-state index contributed by atoms with van der Waals surface area (Å²) in [5.41, 5.74) is 4.42. The first-order chi connectivity index (χ1) is 15.4. The van der Waals surface area contributed by atoms with Crippen LogP contribution in [0.5, 0.6) is 0 Å². The number of halogens is 1. The Balaban J connectivity index is 1.37. The molecule has 3 aromatic rings. The van der Waals surface area contributed by atoms with Gasteiger partial charge >= 0.3 is 5.97 Å². The van der Waals surface area contributed by atoms with Gasteiger partial charge in [0.25, 0.3) is 5.91 Å². The van der Waals surface area contributed by atoms with Gasteiger partial charge in [-0.05, 0) is 43.5 Å². The van der Waals surface area contributed by atoms with Gasteiger partial charge in [0.2, 0.25) is 0 Å². The molecule has 0 radical (unpaired) electrons. The maximum absolute atomic E-state index is 12.7. The normalized spacial score (nSPS) is 15.2. The molecular weight excluding hydrogens is 426 g/mol. The van der Waals surface area contributed by atoms with E-state index < -0.39 is 5.97 Å². The van der Waals surface area contributed by atoms with Crippen LogP contribution >= 0.6 is 11.6 Å². The van der Waals surface area contributed by atoms with E-state index in [0.29, 0.717) is 23.0 Å². The van der Waals surface area contributed by atoms with E-state index in [1.807, 2.05) is 68.4 Å². The quantitative estimate of drug-likeness (QED) is 0.412. The number of benzene rings is 2. The Morgan fingerprint density at radius 1 is 1.16 bits per heavy atom. The summed E-state index contributed by atoms with van der Waals surface area (Å²) in [6.45, 7) is 4.02. The molecule has 1 atom stereocenters. The Morgan fingerprint density at radius 2 is 1.88 bits per heavy atom. The Morgan fingerprint density at radius 3 is 2.66 bits per heavy atom. The van der Waals surface area contributed by atoms with Gasteiger partial charge in [0.05, 0.1) is 12.2 Å². The lowest BCUT2D eigenvalue weighted by atomic mass is 10.1. The van der Waals surface area contributed by atoms with Crippen molar-refractivity contribution in [1.82, 2.24) is 9.78 Å². The fourth-order valence-electron chi connectivity index (χ4n) is 3.97. The van der Waals surface area contributed by atoms with Crippen molar-refractivity contribution in [3.63, 3.8) is 0 Å². The van der Waals surface area contributed by atoms with E-state index >= 15 is 0 Å². The van der Waals surface area contributed by atoms with Crippen LogP contribution in [0.4, 0.5) is 5.69 Å². The molecule has 4 rings (SSSR count). The van der Waals surface area contributed by atoms with Crippen LogP contribution in [0.2, 0.25) is 5.15 Å². The molecule has 1 amide bonds. The highest BCUT2D eigenvalue weighted by Crippen LogP contribution is 2.31. The van der Waals surface area contributed by atoms with Gasteiger partial charge in [0.1, 0.15) is 5.15 Å². The van der Waals surface area contributed by atoms with Crippen LogP contribution in [-0.2, 0) is 27.3 Å². The van der Waals surface area contributed by atoms with E-state index in [2.05, 4.69) is 5.10 Å². The Labute approximate surface area is 192 Å². The number of carbonyl (C=O) groups excluding carboxylic acids is 2. The van der Waals surface area contributed by atoms with Gasteiger partial charge in [0, 0.05) is 23.4 Å². The number of ether oxygens (including phenoxy) is 1. The van der Waals surface area contributed by atoms with Crippen molar-refractivity contribution in [2.75, 3.05) is 11.5 Å². The number of hydrogen-bond donors (Lipinski definition) is 0. The lowest BCUT2D eigenvalue weighted by molar-refractivity contribution is -0.143. The molecule has 0 aliphatic carbocycles. The highest BCUT2D eigenvalue weighted by Gasteiger charge is 2.30. The molecule has 0 fully saturated rings. The van der Waals surface area contributed by atoms with Crippen molar-refractivity contribution in [3.8, 4) is 0 Å². The van der Waals surface area contributed by atoms with Crippen molar-refractivity contribution in [1.29, 1.82) is 0 Å². The largest absolute Gasteiger partial charge is 0.452 e. The number of para-hydroxylation sites is 1. The van der Waals surface area contributed by atoms with Gasteiger partial charge in [-0.1, -0.05) is 60.1 Å². The first kappa shape index (κ1) is 21.8. The number of carbonyl (C=O) groups is 2. The molecule has 1 aromatic heterocycles. The molecule has 1 aliphatic rings. The maximum Gasteiger partial charge on any atom is 0.331 e. The highest BCUT2D eigenvalue weighted by atomic mass is 35.5. The van der Waals surface area contributed by atoms with Crippen LogP contribution < -0.4 is 4.90 Å². The van der Waals surface area contributed by atoms with E-state index in [1.54, 1.807) is 15.7 Å². The second-order valence-corrected chi connectivity index (χ2v) is 8.18. The minimum atomic E-state index is -0.607. The van der Waals surface area contributed by atoms with Crippen LogP contribution in [0.3, 0.4) is 0 Å². The number of aryl methyl sites for hydroxylation is 1. The summed E-state index contributed by atoms with van der Waals surface area (Å²) in [4.78, 5) is 26.6. The molecule has 32 heavy (non-hydrogen) atoms. The second-order valence-electron chi connectivity index (χ2n) is 7.82. The van der Waals surface area contributed by atoms with Crippen LogP contribution in [0.15, 0.2) is 60.7 Å². The number of fused-ring (bicyclic) bond motifs is 1. The molecule has 0 spiro atoms. The van der Waals surface area contributed by atoms with E-state index in [0.717, 1.165) is 23.2 Å². The molecule has 0 N–H and O–H groups in total. The summed E-state index contributed by atoms with van der Waals surface area (Å²) in [7, 11) is 0. The topological polar surface area (TPSA) is 64.4 Å². The number of nitrogens with zero attached hydrogens (tertiary/aromatic N) is 3. The van der Waals surface area contributed by atoms with E-state index in [9.17, 15) is 9.59 Å². The molecule has 1 aliphatic heterocycles. The van der Waals surface area contributed by atoms with Crippen LogP contribution in [-0.4, -0.2) is 34.3 Å². The maximum atomic E-state index is 12.7. The first-order valence-electron chi connectivity index (χ1n) is 10.5. The number of hydrogen-bond acceptors (Lipinski definition) is 4. The van der Waals surface area contributed by atoms with Crippen molar-refractivity contribution < 1.29 is 14.3 Å². The molecular formula is C25H24ClN3O3. The van der Waals surface area contributed by atoms with E-state index in [4.69, 9.17) is 16.3 Å². The van der Waals surface area contributed by atoms with Crippen LogP contribution in [0, 0.1) is 6.92 Å². The highest BCUT2D eigenvalue weighted by molar-refractivity contribution is 6.31. The first-order valence-corrected chi connectivity index (χ1v) is 10.8. The lowest BCUT2D eigenvalue weighted by Gasteiger charge is -2.22. The molecule has 0 bridgehead atoms. The average Bonchev–Trinajstić information content (AvgIpc) is 3.26. The molecule has 1 unspecified atom stereocenters. The molecule has 6 nitrogen and oxygen atoms in total. The van der Waals surface area contributed by atoms with Gasteiger partial charge in [0.15, 0.2) is 6.61 Å². The van der Waals surface area contributed by atoms with Gasteiger partial charge in [-0.15, -0.1) is 0 Å². The standard InChI is InChI=1S/C25H24ClN3O3/c1-17-14-20-10-6-7-11-22(20)29(17)23(30)16-32-24(31)13-12-21-18(2)27-28(25(21)26)15-19-8-4-3-5-9-19/h3-13,17H,14-16H2,1-2H3. The minimum absolute atomic E-state index is 0.0334. The fourth-order valence-corrected chi connectivity index (χ4v) is 4.26.